The largest absolute Gasteiger partial charge is 0.346 e. The molecule has 0 bridgehead atoms. The molecule has 2 fully saturated rings. The van der Waals surface area contributed by atoms with E-state index in [1.54, 1.807) is 29.9 Å². The van der Waals surface area contributed by atoms with Crippen LogP contribution in [0.2, 0.25) is 0 Å². The molecule has 0 unspecified atom stereocenters. The molecular weight excluding hydrogens is 560 g/mol. The van der Waals surface area contributed by atoms with Crippen LogP contribution < -0.4 is 10.6 Å². The zero-order valence-corrected chi connectivity index (χ0v) is 26.8. The second-order valence-electron chi connectivity index (χ2n) is 11.9. The van der Waals surface area contributed by atoms with Crippen LogP contribution in [0.3, 0.4) is 0 Å². The summed E-state index contributed by atoms with van der Waals surface area (Å²) in [4.78, 5) is 57.9. The number of thiazole rings is 1. The van der Waals surface area contributed by atoms with E-state index in [4.69, 9.17) is 0 Å². The molecule has 43 heavy (non-hydrogen) atoms. The van der Waals surface area contributed by atoms with Crippen LogP contribution >= 0.6 is 11.3 Å². The third kappa shape index (κ3) is 11.6. The van der Waals surface area contributed by atoms with Crippen molar-refractivity contribution >= 4 is 34.7 Å². The Hall–Kier alpha value is -2.94. The molecule has 0 radical (unpaired) electrons. The molecule has 2 amide bonds. The molecule has 2 aliphatic rings. The number of nitrogens with one attached hydrogen (secondary N) is 2. The molecule has 236 valence electrons. The molecule has 2 heterocycles. The molecule has 9 heteroatoms. The number of carbonyl (C=O) groups excluding carboxylic acids is 4. The number of nitrogens with zero attached hydrogens (tertiary/aromatic N) is 2. The minimum absolute atomic E-state index is 0.0348. The second-order valence-corrected chi connectivity index (χ2v) is 12.8. The predicted molar refractivity (Wildman–Crippen MR) is 171 cm³/mol. The molecule has 2 aromatic heterocycles. The zero-order chi connectivity index (χ0) is 30.9. The van der Waals surface area contributed by atoms with Crippen molar-refractivity contribution in [3.63, 3.8) is 0 Å². The average Bonchev–Trinajstić information content (AvgIpc) is 3.84. The lowest BCUT2D eigenvalue weighted by Crippen LogP contribution is -2.43. The fraction of sp³-hybridized carbons (Fsp3) is 0.647. The van der Waals surface area contributed by atoms with Gasteiger partial charge in [0.2, 0.25) is 23.4 Å². The molecule has 2 saturated carbocycles. The van der Waals surface area contributed by atoms with E-state index in [1.165, 1.54) is 11.3 Å². The Kier molecular flexibility index (Phi) is 15.6. The summed E-state index contributed by atoms with van der Waals surface area (Å²) in [7, 11) is 0. The van der Waals surface area contributed by atoms with Gasteiger partial charge in [0.1, 0.15) is 5.69 Å². The maximum absolute atomic E-state index is 12.6. The fourth-order valence-electron chi connectivity index (χ4n) is 5.87. The first-order valence-electron chi connectivity index (χ1n) is 16.4. The van der Waals surface area contributed by atoms with E-state index in [0.717, 1.165) is 89.9 Å². The van der Waals surface area contributed by atoms with Gasteiger partial charge in [-0.1, -0.05) is 84.1 Å². The van der Waals surface area contributed by atoms with E-state index in [1.807, 2.05) is 6.07 Å². The lowest BCUT2D eigenvalue weighted by Gasteiger charge is -2.19. The highest BCUT2D eigenvalue weighted by atomic mass is 32.1. The Morgan fingerprint density at radius 3 is 1.72 bits per heavy atom. The van der Waals surface area contributed by atoms with Crippen molar-refractivity contribution in [2.45, 2.75) is 129 Å². The summed E-state index contributed by atoms with van der Waals surface area (Å²) in [6, 6.07) is 4.48. The van der Waals surface area contributed by atoms with E-state index >= 15 is 0 Å². The monoisotopic (exact) mass is 610 g/mol. The minimum atomic E-state index is -0.436. The third-order valence-electron chi connectivity index (χ3n) is 8.47. The lowest BCUT2D eigenvalue weighted by molar-refractivity contribution is -0.126. The molecule has 0 aromatic carbocycles. The fourth-order valence-corrected chi connectivity index (χ4v) is 6.50. The zero-order valence-electron chi connectivity index (χ0n) is 26.0. The van der Waals surface area contributed by atoms with Crippen molar-refractivity contribution in [1.82, 2.24) is 20.6 Å². The van der Waals surface area contributed by atoms with E-state index in [-0.39, 0.29) is 35.2 Å². The van der Waals surface area contributed by atoms with Gasteiger partial charge in [-0.3, -0.25) is 24.2 Å². The first-order valence-corrected chi connectivity index (χ1v) is 17.3. The van der Waals surface area contributed by atoms with Gasteiger partial charge in [0, 0.05) is 29.6 Å². The Labute approximate surface area is 261 Å². The summed E-state index contributed by atoms with van der Waals surface area (Å²) >= 11 is 1.35. The van der Waals surface area contributed by atoms with Crippen molar-refractivity contribution in [3.05, 3.63) is 46.7 Å². The number of pyridine rings is 1. The molecule has 2 aliphatic carbocycles. The SMILES string of the molecule is CCCCC[C@H](NC(=O)C1CCCC1)C(=O)c1ccccn1.CCCCC[C@H](NC(=O)C1CCCC1)C(=O)c1nccs1. The number of ketones is 2. The quantitative estimate of drug-likeness (QED) is 0.155. The van der Waals surface area contributed by atoms with Gasteiger partial charge in [-0.25, -0.2) is 4.98 Å². The topological polar surface area (TPSA) is 118 Å². The van der Waals surface area contributed by atoms with Gasteiger partial charge in [-0.2, -0.15) is 0 Å². The Bertz CT molecular complexity index is 1110. The molecule has 2 atom stereocenters. The maximum atomic E-state index is 12.6. The first kappa shape index (κ1) is 34.5. The van der Waals surface area contributed by atoms with Gasteiger partial charge in [0.15, 0.2) is 5.01 Å². The molecule has 2 aromatic rings. The molecular formula is C34H50N4O4S. The summed E-state index contributed by atoms with van der Waals surface area (Å²) in [5.74, 6) is 0.186. The van der Waals surface area contributed by atoms with Gasteiger partial charge in [0.05, 0.1) is 12.1 Å². The van der Waals surface area contributed by atoms with Crippen LogP contribution in [0.1, 0.15) is 137 Å². The maximum Gasteiger partial charge on any atom is 0.223 e. The highest BCUT2D eigenvalue weighted by Gasteiger charge is 2.29. The summed E-state index contributed by atoms with van der Waals surface area (Å²) in [6.07, 6.45) is 19.2. The van der Waals surface area contributed by atoms with E-state index in [9.17, 15) is 19.2 Å². The van der Waals surface area contributed by atoms with Crippen LogP contribution in [-0.2, 0) is 9.59 Å². The average molecular weight is 611 g/mol. The smallest absolute Gasteiger partial charge is 0.223 e. The van der Waals surface area contributed by atoms with Crippen molar-refractivity contribution in [1.29, 1.82) is 0 Å². The summed E-state index contributed by atoms with van der Waals surface area (Å²) in [6.45, 7) is 4.27. The van der Waals surface area contributed by atoms with Gasteiger partial charge in [-0.05, 0) is 50.7 Å². The molecule has 0 saturated heterocycles. The van der Waals surface area contributed by atoms with Gasteiger partial charge in [-0.15, -0.1) is 11.3 Å². The number of Topliss-reactive ketones (excluding diaryl/α,β-unsaturated/α-hetero) is 2. The normalized spacial score (nSPS) is 16.6. The van der Waals surface area contributed by atoms with Gasteiger partial charge < -0.3 is 10.6 Å². The van der Waals surface area contributed by atoms with Crippen LogP contribution in [0, 0.1) is 11.8 Å². The number of aromatic nitrogens is 2. The van der Waals surface area contributed by atoms with Gasteiger partial charge >= 0.3 is 0 Å². The highest BCUT2D eigenvalue weighted by molar-refractivity contribution is 7.11. The van der Waals surface area contributed by atoms with Crippen LogP contribution in [0.25, 0.3) is 0 Å². The van der Waals surface area contributed by atoms with Crippen LogP contribution in [0.5, 0.6) is 0 Å². The van der Waals surface area contributed by atoms with E-state index in [2.05, 4.69) is 34.4 Å². The molecule has 0 spiro atoms. The lowest BCUT2D eigenvalue weighted by atomic mass is 10.00. The summed E-state index contributed by atoms with van der Waals surface area (Å²) < 4.78 is 0. The van der Waals surface area contributed by atoms with Crippen molar-refractivity contribution in [2.75, 3.05) is 0 Å². The van der Waals surface area contributed by atoms with Crippen LogP contribution in [-0.4, -0.2) is 45.4 Å². The standard InChI is InChI=1S/C18H26N2O2.C16H24N2O2S/c1-2-3-4-12-16(17(21)15-11-7-8-13-19-15)20-18(22)14-9-5-6-10-14;1-2-3-4-9-13(14(19)16-17-10-11-21-16)18-15(20)12-7-5-6-8-12/h7-8,11,13-14,16H,2-6,9-10,12H2,1H3,(H,20,22);10-13H,2-9H2,1H3,(H,18,20)/t16-;13-/m00/s1. The number of amides is 2. The summed E-state index contributed by atoms with van der Waals surface area (Å²) in [5.41, 5.74) is 0.440. The molecule has 2 N–H and O–H groups in total. The third-order valence-corrected chi connectivity index (χ3v) is 9.26. The molecule has 4 rings (SSSR count). The molecule has 8 nitrogen and oxygen atoms in total. The Morgan fingerprint density at radius 1 is 0.744 bits per heavy atom. The van der Waals surface area contributed by atoms with Crippen molar-refractivity contribution < 1.29 is 19.2 Å². The second kappa shape index (κ2) is 19.4. The Morgan fingerprint density at radius 2 is 1.28 bits per heavy atom. The van der Waals surface area contributed by atoms with Crippen LogP contribution in [0.4, 0.5) is 0 Å². The first-order chi connectivity index (χ1) is 20.9. The Balaban J connectivity index is 0.000000236. The number of carbonyl (C=O) groups is 4. The van der Waals surface area contributed by atoms with Crippen molar-refractivity contribution in [2.24, 2.45) is 11.8 Å². The predicted octanol–water partition coefficient (Wildman–Crippen LogP) is 7.10. The van der Waals surface area contributed by atoms with E-state index in [0.29, 0.717) is 23.5 Å². The number of hydrogen-bond donors (Lipinski definition) is 2. The molecule has 0 aliphatic heterocycles. The number of unbranched alkanes of at least 4 members (excludes halogenated alkanes) is 4. The highest BCUT2D eigenvalue weighted by Crippen LogP contribution is 2.26. The van der Waals surface area contributed by atoms with E-state index < -0.39 is 12.1 Å². The summed E-state index contributed by atoms with van der Waals surface area (Å²) in [5, 5.41) is 8.28. The van der Waals surface area contributed by atoms with Crippen LogP contribution in [0.15, 0.2) is 36.0 Å². The minimum Gasteiger partial charge on any atom is -0.346 e. The van der Waals surface area contributed by atoms with Gasteiger partial charge in [0.25, 0.3) is 0 Å². The number of hydrogen-bond acceptors (Lipinski definition) is 7. The van der Waals surface area contributed by atoms with Crippen molar-refractivity contribution in [3.8, 4) is 0 Å². The number of rotatable bonds is 16.